The second-order valence-electron chi connectivity index (χ2n) is 10.3. The summed E-state index contributed by atoms with van der Waals surface area (Å²) in [5.41, 5.74) is 0.651. The van der Waals surface area contributed by atoms with Crippen LogP contribution in [-0.4, -0.2) is 22.8 Å². The molecular weight excluding hydrogens is 607 g/mol. The molecule has 2 aliphatic heterocycles. The van der Waals surface area contributed by atoms with E-state index in [-0.39, 0.29) is 44.9 Å². The van der Waals surface area contributed by atoms with Crippen molar-refractivity contribution in [3.05, 3.63) is 119 Å². The van der Waals surface area contributed by atoms with Crippen LogP contribution in [0.2, 0.25) is 0 Å². The average molecular weight is 639 g/mol. The zero-order chi connectivity index (χ0) is 29.2. The van der Waals surface area contributed by atoms with Crippen LogP contribution in [0.4, 0.5) is 17.6 Å². The third-order valence-corrected chi connectivity index (χ3v) is 7.83. The average Bonchev–Trinajstić information content (AvgIpc) is 3.66. The smallest absolute Gasteiger partial charge is 0.314 e. The number of rotatable bonds is 4. The van der Waals surface area contributed by atoms with Crippen molar-refractivity contribution < 1.29 is 39.3 Å². The summed E-state index contributed by atoms with van der Waals surface area (Å²) >= 11 is 11.5. The Kier molecular flexibility index (Phi) is 14.6. The Morgan fingerprint density at radius 2 is 1.10 bits per heavy atom. The van der Waals surface area contributed by atoms with Gasteiger partial charge in [-0.1, -0.05) is 0 Å². The Hall–Kier alpha value is -1.67. The molecule has 2 N–H and O–H groups in total. The quantitative estimate of drug-likeness (QED) is 0.153. The first-order valence-electron chi connectivity index (χ1n) is 12.9. The molecule has 0 radical (unpaired) electrons. The summed E-state index contributed by atoms with van der Waals surface area (Å²) in [6, 6.07) is 9.24. The van der Waals surface area contributed by atoms with E-state index in [2.05, 4.69) is 34.9 Å². The maximum Gasteiger partial charge on any atom is 4.00 e. The van der Waals surface area contributed by atoms with Crippen molar-refractivity contribution in [1.82, 2.24) is 10.6 Å². The molecule has 4 aliphatic rings. The van der Waals surface area contributed by atoms with E-state index in [4.69, 9.17) is 23.2 Å². The summed E-state index contributed by atoms with van der Waals surface area (Å²) in [5, 5.41) is 6.34. The first-order chi connectivity index (χ1) is 19.1. The summed E-state index contributed by atoms with van der Waals surface area (Å²) in [5.74, 6) is -1.62. The number of benzene rings is 2. The molecule has 4 unspecified atom stereocenters. The summed E-state index contributed by atoms with van der Waals surface area (Å²) in [4.78, 5) is 0. The zero-order valence-corrected chi connectivity index (χ0v) is 26.0. The molecule has 2 nitrogen and oxygen atoms in total. The van der Waals surface area contributed by atoms with Crippen LogP contribution in [-0.2, 0) is 21.7 Å². The van der Waals surface area contributed by atoms with Gasteiger partial charge >= 0.3 is 21.7 Å². The van der Waals surface area contributed by atoms with Crippen LogP contribution >= 0.6 is 23.2 Å². The van der Waals surface area contributed by atoms with Crippen LogP contribution in [0.15, 0.2) is 60.7 Å². The fourth-order valence-electron chi connectivity index (χ4n) is 4.39. The van der Waals surface area contributed by atoms with Crippen molar-refractivity contribution in [3.8, 4) is 0 Å². The van der Waals surface area contributed by atoms with E-state index < -0.39 is 23.3 Å². The molecular formula is C32H32Cl2F4N2Ti. The van der Waals surface area contributed by atoms with Crippen molar-refractivity contribution in [1.29, 1.82) is 0 Å². The molecule has 0 aromatic heterocycles. The fourth-order valence-corrected chi connectivity index (χ4v) is 4.76. The van der Waals surface area contributed by atoms with E-state index >= 15 is 0 Å². The van der Waals surface area contributed by atoms with Crippen LogP contribution < -0.4 is 10.6 Å². The van der Waals surface area contributed by atoms with Crippen LogP contribution in [0.25, 0.3) is 0 Å². The Balaban J connectivity index is 0.000000211. The molecule has 216 valence electrons. The fraction of sp³-hybridized carbons (Fsp3) is 0.375. The number of alkyl halides is 2. The maximum atomic E-state index is 13.3. The van der Waals surface area contributed by atoms with Crippen LogP contribution in [0.1, 0.15) is 62.7 Å². The summed E-state index contributed by atoms with van der Waals surface area (Å²) in [6.07, 6.45) is 21.5. The van der Waals surface area contributed by atoms with Gasteiger partial charge in [0.05, 0.1) is 0 Å². The third kappa shape index (κ3) is 10.8. The van der Waals surface area contributed by atoms with Gasteiger partial charge in [0.1, 0.15) is 0 Å². The van der Waals surface area contributed by atoms with Crippen molar-refractivity contribution in [2.24, 2.45) is 0 Å². The molecule has 2 aromatic rings. The molecule has 9 heteroatoms. The Morgan fingerprint density at radius 1 is 0.732 bits per heavy atom. The van der Waals surface area contributed by atoms with Crippen molar-refractivity contribution in [2.75, 3.05) is 11.8 Å². The monoisotopic (exact) mass is 638 g/mol. The molecule has 0 spiro atoms. The third-order valence-electron chi connectivity index (χ3n) is 6.65. The minimum absolute atomic E-state index is 0. The standard InChI is InChI=1S/2C11H11ClF2N.2C5H5.Ti/c2*1-11(6-12)5-10(15-11)8-3-2-7(13)4-9(8)14;2*1-2-4-5-3-1;/h2*2-3,10,15H,5-6H2,1H3;2*1-3H,4H2;/q4*-1;+4. The predicted octanol–water partition coefficient (Wildman–Crippen LogP) is 8.20. The van der Waals surface area contributed by atoms with Gasteiger partial charge in [-0.2, -0.15) is 24.3 Å². The maximum absolute atomic E-state index is 13.3. The van der Waals surface area contributed by atoms with E-state index in [9.17, 15) is 17.6 Å². The Morgan fingerprint density at radius 3 is 1.32 bits per heavy atom. The SMILES string of the molecule is CC1(CCl)CC(c2ccc(F)[c-]c2F)N1.CC1(CCl)CC(c2ccc(F)[c-]c2F)N1.[C-]1=CC=CC1.[C-]1=CC=CC1.[Ti+4]. The van der Waals surface area contributed by atoms with Gasteiger partial charge < -0.3 is 10.6 Å². The van der Waals surface area contributed by atoms with Crippen LogP contribution in [0, 0.1) is 47.6 Å². The molecule has 0 saturated carbocycles. The van der Waals surface area contributed by atoms with Gasteiger partial charge in [-0.05, 0) is 38.8 Å². The molecule has 0 bridgehead atoms. The number of hydrogen-bond donors (Lipinski definition) is 2. The van der Waals surface area contributed by atoms with Crippen molar-refractivity contribution in [3.63, 3.8) is 0 Å². The Bertz CT molecular complexity index is 1120. The minimum atomic E-state index is -0.671. The largest absolute Gasteiger partial charge is 4.00 e. The summed E-state index contributed by atoms with van der Waals surface area (Å²) in [6.45, 7) is 3.95. The van der Waals surface area contributed by atoms with Crippen LogP contribution in [0.5, 0.6) is 0 Å². The van der Waals surface area contributed by atoms with Gasteiger partial charge in [-0.15, -0.1) is 71.4 Å². The topological polar surface area (TPSA) is 24.1 Å². The molecule has 4 atom stereocenters. The van der Waals surface area contributed by atoms with E-state index in [1.165, 1.54) is 24.3 Å². The van der Waals surface area contributed by atoms with E-state index in [1.807, 2.05) is 50.3 Å². The minimum Gasteiger partial charge on any atom is -0.314 e. The summed E-state index contributed by atoms with van der Waals surface area (Å²) in [7, 11) is 0. The Labute approximate surface area is 265 Å². The molecule has 2 saturated heterocycles. The van der Waals surface area contributed by atoms with Gasteiger partial charge in [0.15, 0.2) is 0 Å². The number of allylic oxidation sites excluding steroid dienone is 8. The molecule has 2 fully saturated rings. The second kappa shape index (κ2) is 16.8. The zero-order valence-electron chi connectivity index (χ0n) is 22.9. The van der Waals surface area contributed by atoms with Gasteiger partial charge in [0, 0.05) is 46.1 Å². The van der Waals surface area contributed by atoms with E-state index in [0.29, 0.717) is 22.9 Å². The summed E-state index contributed by atoms with van der Waals surface area (Å²) < 4.78 is 51.8. The van der Waals surface area contributed by atoms with Gasteiger partial charge in [0.25, 0.3) is 0 Å². The van der Waals surface area contributed by atoms with Gasteiger partial charge in [-0.25, -0.2) is 41.9 Å². The number of nitrogens with one attached hydrogen (secondary N) is 2. The van der Waals surface area contributed by atoms with Gasteiger partial charge in [0.2, 0.25) is 0 Å². The first-order valence-corrected chi connectivity index (χ1v) is 14.0. The number of hydrogen-bond acceptors (Lipinski definition) is 2. The first kappa shape index (κ1) is 35.5. The van der Waals surface area contributed by atoms with E-state index in [0.717, 1.165) is 25.7 Å². The molecule has 2 aromatic carbocycles. The number of halogens is 6. The molecule has 41 heavy (non-hydrogen) atoms. The molecule has 0 amide bonds. The van der Waals surface area contributed by atoms with E-state index in [1.54, 1.807) is 0 Å². The molecule has 6 rings (SSSR count). The predicted molar refractivity (Wildman–Crippen MR) is 153 cm³/mol. The molecule has 2 heterocycles. The van der Waals surface area contributed by atoms with Crippen molar-refractivity contribution >= 4 is 23.2 Å². The second-order valence-corrected chi connectivity index (χ2v) is 10.9. The normalized spacial score (nSPS) is 26.2. The van der Waals surface area contributed by atoms with Crippen molar-refractivity contribution in [2.45, 2.75) is 62.7 Å². The van der Waals surface area contributed by atoms with Crippen LogP contribution in [0.3, 0.4) is 0 Å². The molecule has 2 aliphatic carbocycles. The van der Waals surface area contributed by atoms with Gasteiger partial charge in [-0.3, -0.25) is 12.2 Å².